The molecule has 26 heavy (non-hydrogen) atoms. The number of benzene rings is 2. The second-order valence-electron chi connectivity index (χ2n) is 5.40. The van der Waals surface area contributed by atoms with Gasteiger partial charge in [0.25, 0.3) is 0 Å². The van der Waals surface area contributed by atoms with Gasteiger partial charge in [-0.05, 0) is 57.9 Å². The molecule has 1 aliphatic rings. The fourth-order valence-corrected chi connectivity index (χ4v) is 3.01. The quantitative estimate of drug-likeness (QED) is 0.373. The first kappa shape index (κ1) is 18.1. The number of methoxy groups -OCH3 is 1. The molecule has 2 aromatic carbocycles. The molecule has 0 spiro atoms. The molecule has 0 atom stereocenters. The van der Waals surface area contributed by atoms with Crippen molar-refractivity contribution in [2.24, 2.45) is 0 Å². The van der Waals surface area contributed by atoms with Crippen LogP contribution in [0.5, 0.6) is 23.0 Å². The molecule has 0 saturated heterocycles. The molecule has 0 fully saturated rings. The van der Waals surface area contributed by atoms with Crippen molar-refractivity contribution in [3.8, 4) is 23.0 Å². The lowest BCUT2D eigenvalue weighted by molar-refractivity contribution is 0.104. The molecule has 0 aromatic heterocycles. The van der Waals surface area contributed by atoms with Crippen molar-refractivity contribution in [1.82, 2.24) is 0 Å². The van der Waals surface area contributed by atoms with Crippen LogP contribution in [0.4, 0.5) is 0 Å². The summed E-state index contributed by atoms with van der Waals surface area (Å²) in [6, 6.07) is 8.77. The zero-order chi connectivity index (χ0) is 18.5. The Balaban J connectivity index is 1.80. The molecule has 1 heterocycles. The summed E-state index contributed by atoms with van der Waals surface area (Å²) >= 11 is 3.47. The van der Waals surface area contributed by atoms with Gasteiger partial charge >= 0.3 is 0 Å². The summed E-state index contributed by atoms with van der Waals surface area (Å²) in [6.07, 6.45) is 4.88. The molecular weight excluding hydrogens is 400 g/mol. The first-order valence-corrected chi connectivity index (χ1v) is 8.65. The van der Waals surface area contributed by atoms with Crippen LogP contribution < -0.4 is 18.9 Å². The maximum absolute atomic E-state index is 12.4. The van der Waals surface area contributed by atoms with Gasteiger partial charge < -0.3 is 18.9 Å². The minimum Gasteiger partial charge on any atom is -0.493 e. The van der Waals surface area contributed by atoms with E-state index in [1.165, 1.54) is 6.08 Å². The highest BCUT2D eigenvalue weighted by atomic mass is 79.9. The summed E-state index contributed by atoms with van der Waals surface area (Å²) in [5.74, 6) is 2.25. The Morgan fingerprint density at radius 2 is 2.08 bits per heavy atom. The molecule has 134 valence electrons. The Morgan fingerprint density at radius 1 is 1.27 bits per heavy atom. The molecule has 0 amide bonds. The third-order valence-electron chi connectivity index (χ3n) is 3.68. The van der Waals surface area contributed by atoms with Gasteiger partial charge in [-0.2, -0.15) is 0 Å². The number of fused-ring (bicyclic) bond motifs is 1. The predicted octanol–water partition coefficient (Wildman–Crippen LogP) is 4.65. The van der Waals surface area contributed by atoms with Gasteiger partial charge in [-0.15, -0.1) is 0 Å². The monoisotopic (exact) mass is 416 g/mol. The number of ether oxygens (including phenoxy) is 4. The average Bonchev–Trinajstić information content (AvgIpc) is 3.12. The number of halogens is 1. The number of rotatable bonds is 7. The van der Waals surface area contributed by atoms with Crippen LogP contribution in [0.25, 0.3) is 6.08 Å². The van der Waals surface area contributed by atoms with E-state index in [1.54, 1.807) is 43.5 Å². The van der Waals surface area contributed by atoms with E-state index < -0.39 is 0 Å². The Bertz CT molecular complexity index is 873. The minimum atomic E-state index is -0.134. The first-order chi connectivity index (χ1) is 12.6. The van der Waals surface area contributed by atoms with Gasteiger partial charge in [-0.25, -0.2) is 0 Å². The molecule has 1 aliphatic heterocycles. The van der Waals surface area contributed by atoms with E-state index in [0.29, 0.717) is 35.2 Å². The van der Waals surface area contributed by atoms with E-state index in [4.69, 9.17) is 18.9 Å². The number of ketones is 1. The highest BCUT2D eigenvalue weighted by Crippen LogP contribution is 2.37. The van der Waals surface area contributed by atoms with E-state index in [9.17, 15) is 4.79 Å². The van der Waals surface area contributed by atoms with Crippen LogP contribution in [0.1, 0.15) is 15.9 Å². The number of hydrogen-bond acceptors (Lipinski definition) is 5. The Kier molecular flexibility index (Phi) is 5.63. The van der Waals surface area contributed by atoms with Gasteiger partial charge in [0.1, 0.15) is 6.61 Å². The Morgan fingerprint density at radius 3 is 2.85 bits per heavy atom. The largest absolute Gasteiger partial charge is 0.493 e. The van der Waals surface area contributed by atoms with Crippen molar-refractivity contribution < 1.29 is 23.7 Å². The summed E-state index contributed by atoms with van der Waals surface area (Å²) < 4.78 is 22.2. The minimum absolute atomic E-state index is 0.134. The molecule has 0 saturated carbocycles. The number of hydrogen-bond donors (Lipinski definition) is 0. The topological polar surface area (TPSA) is 54.0 Å². The number of carbonyl (C=O) groups excluding carboxylic acids is 1. The maximum atomic E-state index is 12.4. The van der Waals surface area contributed by atoms with E-state index in [-0.39, 0.29) is 12.6 Å². The molecule has 2 aromatic rings. The number of carbonyl (C=O) groups is 1. The van der Waals surface area contributed by atoms with Gasteiger partial charge in [-0.1, -0.05) is 18.7 Å². The lowest BCUT2D eigenvalue weighted by Crippen LogP contribution is -1.98. The SMILES string of the molecule is C=CCOc1c(Br)cc(/C=C/C(=O)c2ccc3c(c2)OCO3)cc1OC. The van der Waals surface area contributed by atoms with Crippen molar-refractivity contribution >= 4 is 27.8 Å². The molecule has 0 unspecified atom stereocenters. The van der Waals surface area contributed by atoms with E-state index in [0.717, 1.165) is 10.0 Å². The standard InChI is InChI=1S/C20H17BrO5/c1-3-8-24-20-15(21)9-13(10-19(20)23-2)4-6-16(22)14-5-7-17-18(11-14)26-12-25-17/h3-7,9-11H,1,8,12H2,2H3/b6-4+. The zero-order valence-corrected chi connectivity index (χ0v) is 15.7. The average molecular weight is 417 g/mol. The Labute approximate surface area is 160 Å². The van der Waals surface area contributed by atoms with Gasteiger partial charge in [0, 0.05) is 5.56 Å². The molecule has 6 heteroatoms. The first-order valence-electron chi connectivity index (χ1n) is 7.85. The summed E-state index contributed by atoms with van der Waals surface area (Å²) in [5.41, 5.74) is 1.33. The van der Waals surface area contributed by atoms with Crippen LogP contribution in [-0.2, 0) is 0 Å². The molecule has 0 aliphatic carbocycles. The van der Waals surface area contributed by atoms with Crippen LogP contribution in [0, 0.1) is 0 Å². The van der Waals surface area contributed by atoms with Gasteiger partial charge in [0.15, 0.2) is 28.8 Å². The molecule has 0 radical (unpaired) electrons. The fraction of sp³-hybridized carbons (Fsp3) is 0.150. The zero-order valence-electron chi connectivity index (χ0n) is 14.2. The molecule has 0 bridgehead atoms. The van der Waals surface area contributed by atoms with E-state index >= 15 is 0 Å². The summed E-state index contributed by atoms with van der Waals surface area (Å²) in [7, 11) is 1.56. The fourth-order valence-electron chi connectivity index (χ4n) is 2.44. The summed E-state index contributed by atoms with van der Waals surface area (Å²) in [4.78, 5) is 12.4. The van der Waals surface area contributed by atoms with Crippen molar-refractivity contribution in [2.75, 3.05) is 20.5 Å². The summed E-state index contributed by atoms with van der Waals surface area (Å²) in [5, 5.41) is 0. The van der Waals surface area contributed by atoms with Gasteiger partial charge in [0.05, 0.1) is 11.6 Å². The molecule has 3 rings (SSSR count). The number of allylic oxidation sites excluding steroid dienone is 1. The highest BCUT2D eigenvalue weighted by Gasteiger charge is 2.15. The third kappa shape index (κ3) is 3.91. The van der Waals surface area contributed by atoms with Crippen molar-refractivity contribution in [2.45, 2.75) is 0 Å². The lowest BCUT2D eigenvalue weighted by Gasteiger charge is -2.12. The Hall–Kier alpha value is -2.73. The van der Waals surface area contributed by atoms with Crippen LogP contribution in [0.2, 0.25) is 0 Å². The molecule has 5 nitrogen and oxygen atoms in total. The van der Waals surface area contributed by atoms with Gasteiger partial charge in [0.2, 0.25) is 6.79 Å². The smallest absolute Gasteiger partial charge is 0.231 e. The van der Waals surface area contributed by atoms with E-state index in [2.05, 4.69) is 22.5 Å². The van der Waals surface area contributed by atoms with E-state index in [1.807, 2.05) is 6.07 Å². The normalized spacial score (nSPS) is 12.2. The van der Waals surface area contributed by atoms with Crippen molar-refractivity contribution in [3.63, 3.8) is 0 Å². The van der Waals surface area contributed by atoms with Crippen molar-refractivity contribution in [1.29, 1.82) is 0 Å². The van der Waals surface area contributed by atoms with Crippen LogP contribution in [0.15, 0.2) is 53.5 Å². The highest BCUT2D eigenvalue weighted by molar-refractivity contribution is 9.10. The summed E-state index contributed by atoms with van der Waals surface area (Å²) in [6.45, 7) is 4.18. The second kappa shape index (κ2) is 8.10. The van der Waals surface area contributed by atoms with Crippen LogP contribution in [0.3, 0.4) is 0 Å². The van der Waals surface area contributed by atoms with Crippen LogP contribution >= 0.6 is 15.9 Å². The predicted molar refractivity (Wildman–Crippen MR) is 102 cm³/mol. The maximum Gasteiger partial charge on any atom is 0.231 e. The second-order valence-corrected chi connectivity index (χ2v) is 6.25. The molecule has 0 N–H and O–H groups in total. The van der Waals surface area contributed by atoms with Crippen molar-refractivity contribution in [3.05, 3.63) is 64.7 Å². The molecular formula is C20H17BrO5. The lowest BCUT2D eigenvalue weighted by atomic mass is 10.1. The third-order valence-corrected chi connectivity index (χ3v) is 4.27. The van der Waals surface area contributed by atoms with Crippen LogP contribution in [-0.4, -0.2) is 26.3 Å². The van der Waals surface area contributed by atoms with Gasteiger partial charge in [-0.3, -0.25) is 4.79 Å².